The second-order valence-corrected chi connectivity index (χ2v) is 9.37. The number of carbonyl (C=O) groups is 2. The van der Waals surface area contributed by atoms with Crippen molar-refractivity contribution in [1.82, 2.24) is 9.55 Å². The summed E-state index contributed by atoms with van der Waals surface area (Å²) in [7, 11) is 1.29. The topological polar surface area (TPSA) is 90.3 Å². The first-order valence-corrected chi connectivity index (χ1v) is 11.3. The number of methoxy groups -OCH3 is 1. The van der Waals surface area contributed by atoms with Crippen molar-refractivity contribution >= 4 is 51.8 Å². The number of carbonyl (C=O) groups excluding carboxylic acids is 2. The smallest absolute Gasteiger partial charge is 0.337 e. The van der Waals surface area contributed by atoms with E-state index in [1.165, 1.54) is 24.9 Å². The zero-order chi connectivity index (χ0) is 23.4. The average molecular weight is 474 g/mol. The van der Waals surface area contributed by atoms with Crippen molar-refractivity contribution in [2.75, 3.05) is 12.4 Å². The van der Waals surface area contributed by atoms with Crippen molar-refractivity contribution in [2.24, 2.45) is 5.92 Å². The van der Waals surface area contributed by atoms with Crippen LogP contribution in [0.3, 0.4) is 0 Å². The molecule has 1 aromatic heterocycles. The molecular formula is C23H24ClN3O4S. The van der Waals surface area contributed by atoms with Gasteiger partial charge in [0.05, 0.1) is 39.5 Å². The quantitative estimate of drug-likeness (QED) is 0.306. The summed E-state index contributed by atoms with van der Waals surface area (Å²) in [6.45, 7) is 6.18. The SMILES string of the molecule is COC(=O)c1ccc2c(=O)n(CC(C)C)c(SC(C)C(=O)Nc3ccccc3Cl)nc2c1. The van der Waals surface area contributed by atoms with Crippen molar-refractivity contribution in [3.05, 3.63) is 63.4 Å². The Labute approximate surface area is 195 Å². The molecule has 0 spiro atoms. The minimum absolute atomic E-state index is 0.188. The summed E-state index contributed by atoms with van der Waals surface area (Å²) < 4.78 is 6.34. The molecule has 1 amide bonds. The summed E-state index contributed by atoms with van der Waals surface area (Å²) in [5.41, 5.74) is 0.967. The largest absolute Gasteiger partial charge is 0.465 e. The molecule has 0 aliphatic heterocycles. The van der Waals surface area contributed by atoms with Gasteiger partial charge in [-0.05, 0) is 43.2 Å². The second-order valence-electron chi connectivity index (χ2n) is 7.66. The van der Waals surface area contributed by atoms with Crippen LogP contribution in [0.1, 0.15) is 31.1 Å². The Morgan fingerprint density at radius 1 is 1.19 bits per heavy atom. The van der Waals surface area contributed by atoms with Gasteiger partial charge in [0, 0.05) is 6.54 Å². The average Bonchev–Trinajstić information content (AvgIpc) is 2.76. The van der Waals surface area contributed by atoms with Gasteiger partial charge in [0.2, 0.25) is 5.91 Å². The fraction of sp³-hybridized carbons (Fsp3) is 0.304. The lowest BCUT2D eigenvalue weighted by molar-refractivity contribution is -0.115. The molecule has 9 heteroatoms. The summed E-state index contributed by atoms with van der Waals surface area (Å²) in [5.74, 6) is -0.591. The van der Waals surface area contributed by atoms with Crippen molar-refractivity contribution in [3.63, 3.8) is 0 Å². The Balaban J connectivity index is 1.98. The number of benzene rings is 2. The summed E-state index contributed by atoms with van der Waals surface area (Å²) in [4.78, 5) is 42.5. The number of rotatable bonds is 7. The minimum Gasteiger partial charge on any atom is -0.465 e. The zero-order valence-corrected chi connectivity index (χ0v) is 19.8. The van der Waals surface area contributed by atoms with E-state index in [0.717, 1.165) is 0 Å². The van der Waals surface area contributed by atoms with Crippen LogP contribution < -0.4 is 10.9 Å². The zero-order valence-electron chi connectivity index (χ0n) is 18.2. The van der Waals surface area contributed by atoms with E-state index in [-0.39, 0.29) is 17.4 Å². The number of nitrogens with one attached hydrogen (secondary N) is 1. The highest BCUT2D eigenvalue weighted by atomic mass is 35.5. The molecule has 168 valence electrons. The highest BCUT2D eigenvalue weighted by molar-refractivity contribution is 8.00. The van der Waals surface area contributed by atoms with Crippen LogP contribution in [-0.2, 0) is 16.1 Å². The molecule has 3 rings (SSSR count). The molecule has 0 aliphatic carbocycles. The molecule has 1 heterocycles. The van der Waals surface area contributed by atoms with Crippen LogP contribution in [0.15, 0.2) is 52.4 Å². The lowest BCUT2D eigenvalue weighted by Gasteiger charge is -2.18. The first-order valence-electron chi connectivity index (χ1n) is 10.1. The van der Waals surface area contributed by atoms with E-state index in [9.17, 15) is 14.4 Å². The molecule has 1 atom stereocenters. The van der Waals surface area contributed by atoms with Crippen molar-refractivity contribution < 1.29 is 14.3 Å². The van der Waals surface area contributed by atoms with Crippen molar-refractivity contribution in [3.8, 4) is 0 Å². The molecule has 3 aromatic rings. The lowest BCUT2D eigenvalue weighted by atomic mass is 10.1. The summed E-state index contributed by atoms with van der Waals surface area (Å²) in [5, 5.41) is 3.49. The molecule has 2 aromatic carbocycles. The fourth-order valence-corrected chi connectivity index (χ4v) is 4.17. The van der Waals surface area contributed by atoms with Gasteiger partial charge in [0.15, 0.2) is 5.16 Å². The Morgan fingerprint density at radius 2 is 1.91 bits per heavy atom. The van der Waals surface area contributed by atoms with E-state index < -0.39 is 11.2 Å². The Morgan fingerprint density at radius 3 is 2.56 bits per heavy atom. The fourth-order valence-electron chi connectivity index (χ4n) is 3.07. The molecule has 0 radical (unpaired) electrons. The third-order valence-corrected chi connectivity index (χ3v) is 6.09. The maximum Gasteiger partial charge on any atom is 0.337 e. The first kappa shape index (κ1) is 23.8. The highest BCUT2D eigenvalue weighted by Crippen LogP contribution is 2.26. The predicted octanol–water partition coefficient (Wildman–Crippen LogP) is 4.61. The Bertz CT molecular complexity index is 1230. The van der Waals surface area contributed by atoms with Gasteiger partial charge in [-0.25, -0.2) is 9.78 Å². The molecule has 0 saturated heterocycles. The molecule has 0 bridgehead atoms. The van der Waals surface area contributed by atoms with Crippen LogP contribution in [0.25, 0.3) is 10.9 Å². The van der Waals surface area contributed by atoms with E-state index in [0.29, 0.717) is 38.9 Å². The Hall–Kier alpha value is -2.84. The van der Waals surface area contributed by atoms with E-state index in [4.69, 9.17) is 16.3 Å². The van der Waals surface area contributed by atoms with Gasteiger partial charge >= 0.3 is 5.97 Å². The van der Waals surface area contributed by atoms with Gasteiger partial charge in [0.25, 0.3) is 5.56 Å². The normalized spacial score (nSPS) is 12.1. The summed E-state index contributed by atoms with van der Waals surface area (Å²) in [6, 6.07) is 11.6. The molecule has 0 aliphatic rings. The van der Waals surface area contributed by atoms with Gasteiger partial charge in [-0.2, -0.15) is 0 Å². The first-order chi connectivity index (χ1) is 15.2. The number of nitrogens with zero attached hydrogens (tertiary/aromatic N) is 2. The highest BCUT2D eigenvalue weighted by Gasteiger charge is 2.21. The van der Waals surface area contributed by atoms with Gasteiger partial charge < -0.3 is 10.1 Å². The summed E-state index contributed by atoms with van der Waals surface area (Å²) in [6.07, 6.45) is 0. The van der Waals surface area contributed by atoms with Crippen LogP contribution in [0.2, 0.25) is 5.02 Å². The molecule has 0 saturated carbocycles. The number of esters is 1. The number of amides is 1. The van der Waals surface area contributed by atoms with E-state index in [2.05, 4.69) is 10.3 Å². The third-order valence-electron chi connectivity index (χ3n) is 4.67. The maximum absolute atomic E-state index is 13.2. The molecule has 7 nitrogen and oxygen atoms in total. The molecular weight excluding hydrogens is 450 g/mol. The number of para-hydroxylation sites is 1. The van der Waals surface area contributed by atoms with Crippen LogP contribution >= 0.6 is 23.4 Å². The monoisotopic (exact) mass is 473 g/mol. The van der Waals surface area contributed by atoms with Crippen molar-refractivity contribution in [2.45, 2.75) is 37.7 Å². The third kappa shape index (κ3) is 5.31. The minimum atomic E-state index is -0.558. The molecule has 0 fully saturated rings. The standard InChI is InChI=1S/C23H24ClN3O4S/c1-13(2)12-27-21(29)16-10-9-15(22(30)31-4)11-19(16)26-23(27)32-14(3)20(28)25-18-8-6-5-7-17(18)24/h5-11,13-14H,12H2,1-4H3,(H,25,28). The predicted molar refractivity (Wildman–Crippen MR) is 128 cm³/mol. The summed E-state index contributed by atoms with van der Waals surface area (Å²) >= 11 is 7.31. The number of thioether (sulfide) groups is 1. The number of anilines is 1. The van der Waals surface area contributed by atoms with Gasteiger partial charge in [0.1, 0.15) is 0 Å². The molecule has 1 unspecified atom stereocenters. The van der Waals surface area contributed by atoms with Crippen LogP contribution in [0, 0.1) is 5.92 Å². The van der Waals surface area contributed by atoms with E-state index in [1.807, 2.05) is 13.8 Å². The number of aromatic nitrogens is 2. The van der Waals surface area contributed by atoms with Gasteiger partial charge in [-0.1, -0.05) is 49.3 Å². The number of fused-ring (bicyclic) bond motifs is 1. The Kier molecular flexibility index (Phi) is 7.58. The molecule has 1 N–H and O–H groups in total. The van der Waals surface area contributed by atoms with Gasteiger partial charge in [-0.3, -0.25) is 14.2 Å². The van der Waals surface area contributed by atoms with Crippen molar-refractivity contribution in [1.29, 1.82) is 0 Å². The number of ether oxygens (including phenoxy) is 1. The van der Waals surface area contributed by atoms with Crippen LogP contribution in [-0.4, -0.2) is 33.8 Å². The van der Waals surface area contributed by atoms with Gasteiger partial charge in [-0.15, -0.1) is 0 Å². The number of hydrogen-bond donors (Lipinski definition) is 1. The lowest BCUT2D eigenvalue weighted by Crippen LogP contribution is -2.28. The molecule has 32 heavy (non-hydrogen) atoms. The van der Waals surface area contributed by atoms with Crippen LogP contribution in [0.5, 0.6) is 0 Å². The second kappa shape index (κ2) is 10.2. The van der Waals surface area contributed by atoms with E-state index in [1.54, 1.807) is 47.9 Å². The van der Waals surface area contributed by atoms with Crippen LogP contribution in [0.4, 0.5) is 5.69 Å². The van der Waals surface area contributed by atoms with E-state index >= 15 is 0 Å². The number of halogens is 1. The maximum atomic E-state index is 13.2. The number of hydrogen-bond acceptors (Lipinski definition) is 6.